The summed E-state index contributed by atoms with van der Waals surface area (Å²) in [6, 6.07) is 4.29. The van der Waals surface area contributed by atoms with Crippen molar-refractivity contribution < 1.29 is 0 Å². The molecule has 0 spiro atoms. The number of aryl methyl sites for hydroxylation is 2. The lowest BCUT2D eigenvalue weighted by Gasteiger charge is -2.05. The zero-order valence-electron chi connectivity index (χ0n) is 16.2. The average molecular weight is 398 g/mol. The topological polar surface area (TPSA) is 12.9 Å². The molecule has 0 N–H and O–H groups in total. The Morgan fingerprint density at radius 3 is 1.62 bits per heavy atom. The van der Waals surface area contributed by atoms with Crippen molar-refractivity contribution in [3.63, 3.8) is 0 Å². The molecule has 1 rings (SSSR count). The van der Waals surface area contributed by atoms with E-state index in [4.69, 9.17) is 0 Å². The van der Waals surface area contributed by atoms with E-state index in [1.807, 2.05) is 6.20 Å². The molecule has 140 valence electrons. The Labute approximate surface area is 161 Å². The van der Waals surface area contributed by atoms with E-state index in [1.54, 1.807) is 0 Å². The zero-order chi connectivity index (χ0) is 16.6. The molecule has 0 fully saturated rings. The lowest BCUT2D eigenvalue weighted by atomic mass is 10.0. The summed E-state index contributed by atoms with van der Waals surface area (Å²) in [5.41, 5.74) is 2.65. The number of hydrogen-bond acceptors (Lipinski definition) is 1. The van der Waals surface area contributed by atoms with Gasteiger partial charge in [-0.25, -0.2) is 0 Å². The fourth-order valence-corrected chi connectivity index (χ4v) is 3.29. The van der Waals surface area contributed by atoms with Crippen LogP contribution in [0.5, 0.6) is 0 Å². The van der Waals surface area contributed by atoms with Crippen molar-refractivity contribution in [3.8, 4) is 0 Å². The van der Waals surface area contributed by atoms with Gasteiger partial charge >= 0.3 is 0 Å². The summed E-state index contributed by atoms with van der Waals surface area (Å²) >= 11 is 0. The Bertz CT molecular complexity index is 378. The fraction of sp³-hybridized carbons (Fsp3) is 0.773. The molecule has 0 radical (unpaired) electrons. The van der Waals surface area contributed by atoms with E-state index in [0.717, 1.165) is 0 Å². The van der Waals surface area contributed by atoms with E-state index in [2.05, 4.69) is 31.0 Å². The largest absolute Gasteiger partial charge is 0.261 e. The quantitative estimate of drug-likeness (QED) is 0.273. The van der Waals surface area contributed by atoms with Gasteiger partial charge in [-0.15, -0.1) is 17.0 Å². The minimum absolute atomic E-state index is 0. The molecular weight excluding hydrogens is 358 g/mol. The van der Waals surface area contributed by atoms with Crippen LogP contribution in [0.3, 0.4) is 0 Å². The standard InChI is InChI=1S/C22H39N.BrH/c1-3-4-5-6-7-8-9-10-11-12-13-14-15-16-18-22-19-17-20-23-21(22)2;/h17,19-20H,3-16,18H2,1-2H3;1H. The van der Waals surface area contributed by atoms with Gasteiger partial charge in [-0.3, -0.25) is 4.98 Å². The summed E-state index contributed by atoms with van der Waals surface area (Å²) < 4.78 is 0. The Balaban J connectivity index is 0.00000529. The van der Waals surface area contributed by atoms with Crippen LogP contribution in [0.25, 0.3) is 0 Å². The van der Waals surface area contributed by atoms with Crippen molar-refractivity contribution in [3.05, 3.63) is 29.6 Å². The summed E-state index contributed by atoms with van der Waals surface area (Å²) in [7, 11) is 0. The highest BCUT2D eigenvalue weighted by atomic mass is 79.9. The first-order chi connectivity index (χ1) is 11.3. The minimum atomic E-state index is 0. The first kappa shape index (κ1) is 23.6. The second-order valence-corrected chi connectivity index (χ2v) is 7.09. The van der Waals surface area contributed by atoms with Gasteiger partial charge in [-0.1, -0.05) is 96.5 Å². The molecule has 0 atom stereocenters. The molecule has 0 bridgehead atoms. The lowest BCUT2D eigenvalue weighted by Crippen LogP contribution is -1.92. The summed E-state index contributed by atoms with van der Waals surface area (Å²) in [5, 5.41) is 0. The van der Waals surface area contributed by atoms with E-state index in [9.17, 15) is 0 Å². The highest BCUT2D eigenvalue weighted by molar-refractivity contribution is 8.93. The van der Waals surface area contributed by atoms with Crippen LogP contribution >= 0.6 is 17.0 Å². The molecule has 1 aromatic heterocycles. The molecule has 0 unspecified atom stereocenters. The predicted octanol–water partition coefficient (Wildman–Crippen LogP) is 7.99. The second kappa shape index (κ2) is 17.5. The predicted molar refractivity (Wildman–Crippen MR) is 113 cm³/mol. The van der Waals surface area contributed by atoms with Gasteiger partial charge in [0.2, 0.25) is 0 Å². The molecule has 1 nitrogen and oxygen atoms in total. The zero-order valence-corrected chi connectivity index (χ0v) is 17.9. The number of unbranched alkanes of at least 4 members (excludes halogenated alkanes) is 13. The third kappa shape index (κ3) is 13.0. The van der Waals surface area contributed by atoms with Gasteiger partial charge in [0.15, 0.2) is 0 Å². The van der Waals surface area contributed by atoms with Crippen LogP contribution in [0.4, 0.5) is 0 Å². The molecule has 0 aliphatic carbocycles. The second-order valence-electron chi connectivity index (χ2n) is 7.09. The van der Waals surface area contributed by atoms with E-state index in [-0.39, 0.29) is 17.0 Å². The smallest absolute Gasteiger partial charge is 0.0404 e. The number of pyridine rings is 1. The molecule has 2 heteroatoms. The van der Waals surface area contributed by atoms with Gasteiger partial charge < -0.3 is 0 Å². The van der Waals surface area contributed by atoms with Crippen molar-refractivity contribution in [2.24, 2.45) is 0 Å². The number of hydrogen-bond donors (Lipinski definition) is 0. The van der Waals surface area contributed by atoms with Crippen LogP contribution in [-0.4, -0.2) is 4.98 Å². The first-order valence-electron chi connectivity index (χ1n) is 10.2. The SMILES string of the molecule is Br.CCCCCCCCCCCCCCCCc1cccnc1C. The van der Waals surface area contributed by atoms with Crippen molar-refractivity contribution in [1.29, 1.82) is 0 Å². The summed E-state index contributed by atoms with van der Waals surface area (Å²) in [4.78, 5) is 4.36. The molecule has 0 saturated heterocycles. The van der Waals surface area contributed by atoms with Crippen LogP contribution in [0.1, 0.15) is 108 Å². The lowest BCUT2D eigenvalue weighted by molar-refractivity contribution is 0.535. The molecule has 0 aromatic carbocycles. The van der Waals surface area contributed by atoms with Crippen LogP contribution in [0.15, 0.2) is 18.3 Å². The number of halogens is 1. The summed E-state index contributed by atoms with van der Waals surface area (Å²) in [5.74, 6) is 0. The van der Waals surface area contributed by atoms with Gasteiger partial charge in [-0.05, 0) is 31.4 Å². The molecule has 0 saturated carbocycles. The van der Waals surface area contributed by atoms with Crippen LogP contribution < -0.4 is 0 Å². The molecule has 24 heavy (non-hydrogen) atoms. The summed E-state index contributed by atoms with van der Waals surface area (Å²) in [6.45, 7) is 4.42. The molecule has 0 aliphatic heterocycles. The molecule has 0 aliphatic rings. The maximum atomic E-state index is 4.36. The normalized spacial score (nSPS) is 10.6. The van der Waals surface area contributed by atoms with Gasteiger partial charge in [0.25, 0.3) is 0 Å². The highest BCUT2D eigenvalue weighted by Crippen LogP contribution is 2.14. The Kier molecular flexibility index (Phi) is 17.2. The minimum Gasteiger partial charge on any atom is -0.261 e. The summed E-state index contributed by atoms with van der Waals surface area (Å²) in [6.07, 6.45) is 23.1. The van der Waals surface area contributed by atoms with Crippen molar-refractivity contribution in [2.75, 3.05) is 0 Å². The molecule has 1 heterocycles. The Hall–Kier alpha value is -0.370. The number of nitrogens with zero attached hydrogens (tertiary/aromatic N) is 1. The van der Waals surface area contributed by atoms with Gasteiger partial charge in [0.05, 0.1) is 0 Å². The van der Waals surface area contributed by atoms with Gasteiger partial charge in [0, 0.05) is 11.9 Å². The first-order valence-corrected chi connectivity index (χ1v) is 10.2. The maximum Gasteiger partial charge on any atom is 0.0404 e. The Morgan fingerprint density at radius 1 is 0.708 bits per heavy atom. The Morgan fingerprint density at radius 2 is 1.17 bits per heavy atom. The van der Waals surface area contributed by atoms with Crippen molar-refractivity contribution >= 4 is 17.0 Å². The van der Waals surface area contributed by atoms with E-state index >= 15 is 0 Å². The van der Waals surface area contributed by atoms with Crippen LogP contribution in [0.2, 0.25) is 0 Å². The molecule has 1 aromatic rings. The molecular formula is C22H40BrN. The highest BCUT2D eigenvalue weighted by Gasteiger charge is 1.98. The van der Waals surface area contributed by atoms with Gasteiger partial charge in [0.1, 0.15) is 0 Å². The van der Waals surface area contributed by atoms with Crippen molar-refractivity contribution in [2.45, 2.75) is 110 Å². The van der Waals surface area contributed by atoms with Gasteiger partial charge in [-0.2, -0.15) is 0 Å². The van der Waals surface area contributed by atoms with Crippen molar-refractivity contribution in [1.82, 2.24) is 4.98 Å². The number of rotatable bonds is 15. The van der Waals surface area contributed by atoms with Crippen LogP contribution in [0, 0.1) is 6.92 Å². The third-order valence-electron chi connectivity index (χ3n) is 4.92. The van der Waals surface area contributed by atoms with E-state index in [1.165, 1.54) is 108 Å². The number of aromatic nitrogens is 1. The van der Waals surface area contributed by atoms with E-state index in [0.29, 0.717) is 0 Å². The molecule has 0 amide bonds. The average Bonchev–Trinajstić information content (AvgIpc) is 2.57. The maximum absolute atomic E-state index is 4.36. The van der Waals surface area contributed by atoms with Crippen LogP contribution in [-0.2, 0) is 6.42 Å². The fourth-order valence-electron chi connectivity index (χ4n) is 3.29. The monoisotopic (exact) mass is 397 g/mol. The third-order valence-corrected chi connectivity index (χ3v) is 4.92. The van der Waals surface area contributed by atoms with E-state index < -0.39 is 0 Å².